The smallest absolute Gasteiger partial charge is 0.306 e. The van der Waals surface area contributed by atoms with Crippen molar-refractivity contribution in [1.29, 1.82) is 0 Å². The van der Waals surface area contributed by atoms with Gasteiger partial charge in [-0.3, -0.25) is 14.4 Å². The van der Waals surface area contributed by atoms with Crippen LogP contribution in [0, 0.1) is 0 Å². The first-order chi connectivity index (χ1) is 39.0. The molecule has 0 aromatic heterocycles. The molecule has 0 radical (unpaired) electrons. The van der Waals surface area contributed by atoms with Crippen LogP contribution in [0.4, 0.5) is 0 Å². The van der Waals surface area contributed by atoms with E-state index in [0.29, 0.717) is 19.3 Å². The molecule has 0 aliphatic heterocycles. The van der Waals surface area contributed by atoms with Gasteiger partial charge >= 0.3 is 17.9 Å². The third kappa shape index (κ3) is 65.8. The third-order valence-corrected chi connectivity index (χ3v) is 15.5. The van der Waals surface area contributed by atoms with Crippen LogP contribution in [0.25, 0.3) is 0 Å². The molecule has 0 spiro atoms. The van der Waals surface area contributed by atoms with E-state index in [0.717, 1.165) is 77.0 Å². The molecule has 1 unspecified atom stereocenters. The summed E-state index contributed by atoms with van der Waals surface area (Å²) in [5, 5.41) is 0. The maximum atomic E-state index is 12.9. The fraction of sp³-hybridized carbons (Fsp3) is 0.822. The Hall–Kier alpha value is -2.89. The molecule has 6 heteroatoms. The maximum Gasteiger partial charge on any atom is 0.306 e. The van der Waals surface area contributed by atoms with Gasteiger partial charge in [0.2, 0.25) is 0 Å². The van der Waals surface area contributed by atoms with E-state index in [-0.39, 0.29) is 37.5 Å². The van der Waals surface area contributed by atoms with E-state index in [9.17, 15) is 14.4 Å². The van der Waals surface area contributed by atoms with Crippen LogP contribution in [0.15, 0.2) is 60.8 Å². The van der Waals surface area contributed by atoms with E-state index in [2.05, 4.69) is 81.5 Å². The predicted molar refractivity (Wildman–Crippen MR) is 344 cm³/mol. The van der Waals surface area contributed by atoms with Crippen molar-refractivity contribution in [2.24, 2.45) is 0 Å². The average Bonchev–Trinajstić information content (AvgIpc) is 3.45. The topological polar surface area (TPSA) is 78.9 Å². The van der Waals surface area contributed by atoms with Crippen molar-refractivity contribution in [3.63, 3.8) is 0 Å². The van der Waals surface area contributed by atoms with E-state index in [4.69, 9.17) is 14.2 Å². The number of hydrogen-bond donors (Lipinski definition) is 0. The van der Waals surface area contributed by atoms with Crippen molar-refractivity contribution in [2.75, 3.05) is 13.2 Å². The van der Waals surface area contributed by atoms with Gasteiger partial charge in [0, 0.05) is 19.3 Å². The van der Waals surface area contributed by atoms with Crippen molar-refractivity contribution >= 4 is 17.9 Å². The third-order valence-electron chi connectivity index (χ3n) is 15.5. The molecule has 0 aromatic carbocycles. The molecule has 0 heterocycles. The van der Waals surface area contributed by atoms with E-state index < -0.39 is 6.10 Å². The van der Waals surface area contributed by atoms with E-state index >= 15 is 0 Å². The molecule has 0 saturated carbocycles. The molecule has 1 atom stereocenters. The van der Waals surface area contributed by atoms with Crippen LogP contribution in [-0.2, 0) is 28.6 Å². The summed E-state index contributed by atoms with van der Waals surface area (Å²) < 4.78 is 16.9. The van der Waals surface area contributed by atoms with Gasteiger partial charge in [0.1, 0.15) is 13.2 Å². The highest BCUT2D eigenvalue weighted by molar-refractivity contribution is 5.71. The summed E-state index contributed by atoms with van der Waals surface area (Å²) in [6.45, 7) is 6.55. The van der Waals surface area contributed by atoms with E-state index in [1.54, 1.807) is 0 Å². The Labute approximate surface area is 491 Å². The molecule has 460 valence electrons. The van der Waals surface area contributed by atoms with Crippen molar-refractivity contribution < 1.29 is 28.6 Å². The lowest BCUT2D eigenvalue weighted by Crippen LogP contribution is -2.30. The number of rotatable bonds is 64. The lowest BCUT2D eigenvalue weighted by Gasteiger charge is -2.18. The van der Waals surface area contributed by atoms with Crippen molar-refractivity contribution in [1.82, 2.24) is 0 Å². The molecular weight excluding hydrogens is 973 g/mol. The zero-order chi connectivity index (χ0) is 57.1. The Kier molecular flexibility index (Phi) is 65.1. The Morgan fingerprint density at radius 1 is 0.266 bits per heavy atom. The SMILES string of the molecule is CC/C=C\C/C=C\C/C=C\C/C=C\CCCCC(=O)OC(COC(=O)CCCCCCCCCCCCCCCCC)COC(=O)CCCCCCCCCCCCCCCCCCCCC/C=C\CCCCCCCCCC. The molecule has 0 aliphatic carbocycles. The first-order valence-electron chi connectivity index (χ1n) is 34.8. The summed E-state index contributed by atoms with van der Waals surface area (Å²) in [5.74, 6) is -0.906. The van der Waals surface area contributed by atoms with Crippen LogP contribution in [0.1, 0.15) is 367 Å². The summed E-state index contributed by atoms with van der Waals surface area (Å²) in [5.41, 5.74) is 0. The summed E-state index contributed by atoms with van der Waals surface area (Å²) in [4.78, 5) is 38.3. The number of allylic oxidation sites excluding steroid dienone is 10. The summed E-state index contributed by atoms with van der Waals surface area (Å²) >= 11 is 0. The standard InChI is InChI=1S/C73H132O6/c1-4-7-10-13-16-19-22-25-28-29-30-31-32-33-34-35-36-37-38-39-40-41-42-43-46-48-51-54-57-60-63-66-72(75)78-69-70(79-73(76)67-64-61-58-55-52-49-45-27-24-21-18-15-12-9-6-3)68-77-71(74)65-62-59-56-53-50-47-44-26-23-20-17-14-11-8-5-2/h9,12,18,21,27,29-30,45,52,55,70H,4-8,10-11,13-17,19-20,22-26,28,31-44,46-51,53-54,56-69H2,1-3H3/b12-9-,21-18-,30-29-,45-27-,55-52-. The Morgan fingerprint density at radius 3 is 0.810 bits per heavy atom. The normalized spacial score (nSPS) is 12.4. The summed E-state index contributed by atoms with van der Waals surface area (Å²) in [6, 6.07) is 0. The predicted octanol–water partition coefficient (Wildman–Crippen LogP) is 23.9. The van der Waals surface area contributed by atoms with Crippen LogP contribution >= 0.6 is 0 Å². The Bertz CT molecular complexity index is 1410. The highest BCUT2D eigenvalue weighted by atomic mass is 16.6. The second-order valence-electron chi connectivity index (χ2n) is 23.4. The molecule has 0 amide bonds. The number of unbranched alkanes of at least 4 members (excludes halogenated alkanes) is 43. The molecule has 0 rings (SSSR count). The van der Waals surface area contributed by atoms with Crippen molar-refractivity contribution in [2.45, 2.75) is 374 Å². The van der Waals surface area contributed by atoms with Crippen molar-refractivity contribution in [3.8, 4) is 0 Å². The minimum Gasteiger partial charge on any atom is -0.462 e. The molecular formula is C73H132O6. The second-order valence-corrected chi connectivity index (χ2v) is 23.4. The first kappa shape index (κ1) is 76.1. The summed E-state index contributed by atoms with van der Waals surface area (Å²) in [7, 11) is 0. The van der Waals surface area contributed by atoms with Gasteiger partial charge in [-0.15, -0.1) is 0 Å². The quantitative estimate of drug-likeness (QED) is 0.0261. The van der Waals surface area contributed by atoms with Crippen LogP contribution in [0.5, 0.6) is 0 Å². The number of carbonyl (C=O) groups excluding carboxylic acids is 3. The lowest BCUT2D eigenvalue weighted by molar-refractivity contribution is -0.167. The molecule has 0 bridgehead atoms. The molecule has 0 N–H and O–H groups in total. The van der Waals surface area contributed by atoms with Crippen molar-refractivity contribution in [3.05, 3.63) is 60.8 Å². The number of ether oxygens (including phenoxy) is 3. The van der Waals surface area contributed by atoms with Crippen LogP contribution in [-0.4, -0.2) is 37.2 Å². The lowest BCUT2D eigenvalue weighted by atomic mass is 10.0. The number of carbonyl (C=O) groups is 3. The fourth-order valence-corrected chi connectivity index (χ4v) is 10.3. The maximum absolute atomic E-state index is 12.9. The zero-order valence-electron chi connectivity index (χ0n) is 52.9. The monoisotopic (exact) mass is 1110 g/mol. The van der Waals surface area contributed by atoms with Gasteiger partial charge in [-0.05, 0) is 83.5 Å². The molecule has 79 heavy (non-hydrogen) atoms. The van der Waals surface area contributed by atoms with Gasteiger partial charge in [0.15, 0.2) is 6.10 Å². The van der Waals surface area contributed by atoms with Crippen LogP contribution in [0.2, 0.25) is 0 Å². The van der Waals surface area contributed by atoms with Crippen LogP contribution in [0.3, 0.4) is 0 Å². The highest BCUT2D eigenvalue weighted by Gasteiger charge is 2.19. The van der Waals surface area contributed by atoms with E-state index in [1.165, 1.54) is 244 Å². The molecule has 0 fully saturated rings. The van der Waals surface area contributed by atoms with Gasteiger partial charge in [-0.25, -0.2) is 0 Å². The zero-order valence-corrected chi connectivity index (χ0v) is 52.9. The molecule has 0 aliphatic rings. The largest absolute Gasteiger partial charge is 0.462 e. The second kappa shape index (κ2) is 67.6. The van der Waals surface area contributed by atoms with Gasteiger partial charge in [-0.1, -0.05) is 326 Å². The minimum atomic E-state index is -0.794. The highest BCUT2D eigenvalue weighted by Crippen LogP contribution is 2.18. The van der Waals surface area contributed by atoms with Gasteiger partial charge in [0.05, 0.1) is 0 Å². The minimum absolute atomic E-state index is 0.0864. The fourth-order valence-electron chi connectivity index (χ4n) is 10.3. The summed E-state index contributed by atoms with van der Waals surface area (Å²) in [6.07, 6.45) is 87.0. The molecule has 0 aromatic rings. The first-order valence-corrected chi connectivity index (χ1v) is 34.8. The Morgan fingerprint density at radius 2 is 0.494 bits per heavy atom. The number of esters is 3. The Balaban J connectivity index is 4.18. The van der Waals surface area contributed by atoms with Crippen LogP contribution < -0.4 is 0 Å². The van der Waals surface area contributed by atoms with E-state index in [1.807, 2.05) is 0 Å². The molecule has 6 nitrogen and oxygen atoms in total. The van der Waals surface area contributed by atoms with Gasteiger partial charge in [0.25, 0.3) is 0 Å². The van der Waals surface area contributed by atoms with Gasteiger partial charge in [-0.2, -0.15) is 0 Å². The number of hydrogen-bond acceptors (Lipinski definition) is 6. The molecule has 0 saturated heterocycles. The van der Waals surface area contributed by atoms with Gasteiger partial charge < -0.3 is 14.2 Å². The average molecular weight is 1110 g/mol.